The van der Waals surface area contributed by atoms with Crippen molar-refractivity contribution in [3.8, 4) is 0 Å². The Bertz CT molecular complexity index is 821. The first kappa shape index (κ1) is 20.7. The molecule has 28 heavy (non-hydrogen) atoms. The van der Waals surface area contributed by atoms with Gasteiger partial charge in [-0.05, 0) is 48.9 Å². The van der Waals surface area contributed by atoms with Crippen LogP contribution in [0.2, 0.25) is 0 Å². The number of carbonyl (C=O) groups excluding carboxylic acids is 2. The van der Waals surface area contributed by atoms with Gasteiger partial charge in [0.1, 0.15) is 0 Å². The zero-order valence-electron chi connectivity index (χ0n) is 15.9. The molecule has 5 nitrogen and oxygen atoms in total. The molecular weight excluding hydrogens is 438 g/mol. The Morgan fingerprint density at radius 3 is 2.39 bits per heavy atom. The van der Waals surface area contributed by atoms with Gasteiger partial charge in [-0.25, -0.2) is 4.79 Å². The van der Waals surface area contributed by atoms with E-state index in [2.05, 4.69) is 21.2 Å². The molecule has 0 aromatic heterocycles. The minimum absolute atomic E-state index is 0.108. The third-order valence-corrected chi connectivity index (χ3v) is 6.13. The standard InChI is InChI=1S/C21H24BrN3O2S/c1-16-3-2-4-18(15-16)23-21(27)25-12-10-24(11-13-25)20(26)9-14-28-19-7-5-17(22)6-8-19/h2-8,15H,9-14H2,1H3,(H,23,27). The number of thioether (sulfide) groups is 1. The van der Waals surface area contributed by atoms with Gasteiger partial charge in [0.2, 0.25) is 5.91 Å². The number of hydrogen-bond acceptors (Lipinski definition) is 3. The minimum atomic E-state index is -0.108. The number of nitrogens with zero attached hydrogens (tertiary/aromatic N) is 2. The highest BCUT2D eigenvalue weighted by molar-refractivity contribution is 9.10. The first-order valence-electron chi connectivity index (χ1n) is 9.30. The zero-order chi connectivity index (χ0) is 19.9. The minimum Gasteiger partial charge on any atom is -0.339 e. The van der Waals surface area contributed by atoms with Crippen LogP contribution in [0.3, 0.4) is 0 Å². The summed E-state index contributed by atoms with van der Waals surface area (Å²) in [5.41, 5.74) is 1.91. The smallest absolute Gasteiger partial charge is 0.321 e. The fraction of sp³-hybridized carbons (Fsp3) is 0.333. The molecule has 1 aliphatic rings. The highest BCUT2D eigenvalue weighted by atomic mass is 79.9. The lowest BCUT2D eigenvalue weighted by Gasteiger charge is -2.34. The van der Waals surface area contributed by atoms with Crippen molar-refractivity contribution in [3.63, 3.8) is 0 Å². The number of urea groups is 1. The molecule has 7 heteroatoms. The summed E-state index contributed by atoms with van der Waals surface area (Å²) in [6, 6.07) is 15.7. The van der Waals surface area contributed by atoms with Gasteiger partial charge in [-0.15, -0.1) is 11.8 Å². The van der Waals surface area contributed by atoms with Crippen molar-refractivity contribution in [3.05, 3.63) is 58.6 Å². The lowest BCUT2D eigenvalue weighted by Crippen LogP contribution is -2.51. The molecule has 148 valence electrons. The van der Waals surface area contributed by atoms with Gasteiger partial charge in [0.05, 0.1) is 0 Å². The fourth-order valence-corrected chi connectivity index (χ4v) is 4.13. The lowest BCUT2D eigenvalue weighted by molar-refractivity contribution is -0.132. The number of amides is 3. The second-order valence-electron chi connectivity index (χ2n) is 6.72. The Morgan fingerprint density at radius 1 is 1.04 bits per heavy atom. The summed E-state index contributed by atoms with van der Waals surface area (Å²) in [5.74, 6) is 0.914. The van der Waals surface area contributed by atoms with Crippen LogP contribution in [-0.2, 0) is 4.79 Å². The van der Waals surface area contributed by atoms with Crippen LogP contribution in [0.1, 0.15) is 12.0 Å². The summed E-state index contributed by atoms with van der Waals surface area (Å²) in [5, 5.41) is 2.93. The summed E-state index contributed by atoms with van der Waals surface area (Å²) in [4.78, 5) is 29.6. The molecule has 1 aliphatic heterocycles. The highest BCUT2D eigenvalue weighted by Crippen LogP contribution is 2.21. The molecular formula is C21H24BrN3O2S. The van der Waals surface area contributed by atoms with E-state index in [0.717, 1.165) is 26.4 Å². The van der Waals surface area contributed by atoms with Crippen molar-refractivity contribution in [2.24, 2.45) is 0 Å². The Labute approximate surface area is 178 Å². The predicted molar refractivity (Wildman–Crippen MR) is 118 cm³/mol. The first-order valence-corrected chi connectivity index (χ1v) is 11.1. The normalized spacial score (nSPS) is 14.1. The molecule has 2 aromatic rings. The SMILES string of the molecule is Cc1cccc(NC(=O)N2CCN(C(=O)CCSc3ccc(Br)cc3)CC2)c1. The third kappa shape index (κ3) is 6.01. The largest absolute Gasteiger partial charge is 0.339 e. The van der Waals surface area contributed by atoms with Gasteiger partial charge in [0.25, 0.3) is 0 Å². The number of halogens is 1. The lowest BCUT2D eigenvalue weighted by atomic mass is 10.2. The van der Waals surface area contributed by atoms with Gasteiger partial charge in [-0.1, -0.05) is 28.1 Å². The van der Waals surface area contributed by atoms with E-state index in [1.54, 1.807) is 16.7 Å². The van der Waals surface area contributed by atoms with Crippen LogP contribution in [0.25, 0.3) is 0 Å². The number of anilines is 1. The van der Waals surface area contributed by atoms with Crippen LogP contribution in [0.5, 0.6) is 0 Å². The number of hydrogen-bond donors (Lipinski definition) is 1. The molecule has 0 spiro atoms. The summed E-state index contributed by atoms with van der Waals surface area (Å²) >= 11 is 5.11. The summed E-state index contributed by atoms with van der Waals surface area (Å²) in [7, 11) is 0. The molecule has 3 amide bonds. The topological polar surface area (TPSA) is 52.7 Å². The number of carbonyl (C=O) groups is 2. The third-order valence-electron chi connectivity index (χ3n) is 4.59. The van der Waals surface area contributed by atoms with Gasteiger partial charge in [0, 0.05) is 53.4 Å². The quantitative estimate of drug-likeness (QED) is 0.660. The van der Waals surface area contributed by atoms with E-state index >= 15 is 0 Å². The van der Waals surface area contributed by atoms with Crippen molar-refractivity contribution in [2.45, 2.75) is 18.2 Å². The van der Waals surface area contributed by atoms with Gasteiger partial charge >= 0.3 is 6.03 Å². The van der Waals surface area contributed by atoms with Crippen molar-refractivity contribution in [1.82, 2.24) is 9.80 Å². The van der Waals surface area contributed by atoms with Crippen LogP contribution < -0.4 is 5.32 Å². The maximum atomic E-state index is 12.4. The molecule has 0 bridgehead atoms. The Morgan fingerprint density at radius 2 is 1.71 bits per heavy atom. The maximum absolute atomic E-state index is 12.4. The second kappa shape index (κ2) is 9.98. The Balaban J connectivity index is 1.39. The average molecular weight is 462 g/mol. The molecule has 1 heterocycles. The van der Waals surface area contributed by atoms with Crippen molar-refractivity contribution < 1.29 is 9.59 Å². The van der Waals surface area contributed by atoms with Crippen LogP contribution in [0.15, 0.2) is 57.9 Å². The fourth-order valence-electron chi connectivity index (χ4n) is 3.03. The monoisotopic (exact) mass is 461 g/mol. The number of nitrogens with one attached hydrogen (secondary N) is 1. The van der Waals surface area contributed by atoms with E-state index in [1.165, 1.54) is 0 Å². The second-order valence-corrected chi connectivity index (χ2v) is 8.80. The van der Waals surface area contributed by atoms with Crippen molar-refractivity contribution in [1.29, 1.82) is 0 Å². The summed E-state index contributed by atoms with van der Waals surface area (Å²) < 4.78 is 1.05. The summed E-state index contributed by atoms with van der Waals surface area (Å²) in [6.45, 7) is 4.29. The van der Waals surface area contributed by atoms with Crippen LogP contribution in [0.4, 0.5) is 10.5 Å². The van der Waals surface area contributed by atoms with Crippen LogP contribution in [-0.4, -0.2) is 53.7 Å². The van der Waals surface area contributed by atoms with Crippen LogP contribution >= 0.6 is 27.7 Å². The van der Waals surface area contributed by atoms with Crippen molar-refractivity contribution in [2.75, 3.05) is 37.2 Å². The van der Waals surface area contributed by atoms with Crippen molar-refractivity contribution >= 4 is 45.3 Å². The molecule has 0 aliphatic carbocycles. The molecule has 2 aromatic carbocycles. The van der Waals surface area contributed by atoms with Gasteiger partial charge in [-0.2, -0.15) is 0 Å². The molecule has 1 saturated heterocycles. The Hall–Kier alpha value is -1.99. The van der Waals surface area contributed by atoms with Gasteiger partial charge in [-0.3, -0.25) is 4.79 Å². The molecule has 1 fully saturated rings. The first-order chi connectivity index (χ1) is 13.5. The van der Waals surface area contributed by atoms with E-state index < -0.39 is 0 Å². The van der Waals surface area contributed by atoms with E-state index in [4.69, 9.17) is 0 Å². The molecule has 3 rings (SSSR count). The summed E-state index contributed by atoms with van der Waals surface area (Å²) in [6.07, 6.45) is 0.510. The highest BCUT2D eigenvalue weighted by Gasteiger charge is 2.23. The average Bonchev–Trinajstić information content (AvgIpc) is 2.69. The zero-order valence-corrected chi connectivity index (χ0v) is 18.3. The number of aryl methyl sites for hydroxylation is 1. The molecule has 0 atom stereocenters. The number of benzene rings is 2. The van der Waals surface area contributed by atoms with E-state index in [-0.39, 0.29) is 11.9 Å². The molecule has 0 radical (unpaired) electrons. The number of rotatable bonds is 5. The predicted octanol–water partition coefficient (Wildman–Crippen LogP) is 4.62. The van der Waals surface area contributed by atoms with Crippen LogP contribution in [0, 0.1) is 6.92 Å². The van der Waals surface area contributed by atoms with E-state index in [9.17, 15) is 9.59 Å². The Kier molecular flexibility index (Phi) is 7.39. The number of piperazine rings is 1. The molecule has 0 unspecified atom stereocenters. The maximum Gasteiger partial charge on any atom is 0.321 e. The molecule has 1 N–H and O–H groups in total. The van der Waals surface area contributed by atoms with Gasteiger partial charge < -0.3 is 15.1 Å². The van der Waals surface area contributed by atoms with E-state index in [1.807, 2.05) is 60.4 Å². The van der Waals surface area contributed by atoms with Gasteiger partial charge in [0.15, 0.2) is 0 Å². The molecule has 0 saturated carbocycles. The van der Waals surface area contributed by atoms with E-state index in [0.29, 0.717) is 32.6 Å².